The first kappa shape index (κ1) is 19.1. The van der Waals surface area contributed by atoms with E-state index in [4.69, 9.17) is 4.55 Å². The van der Waals surface area contributed by atoms with E-state index in [2.05, 4.69) is 12.2 Å². The van der Waals surface area contributed by atoms with Crippen LogP contribution in [0.5, 0.6) is 0 Å². The van der Waals surface area contributed by atoms with Gasteiger partial charge in [0.05, 0.1) is 5.75 Å². The maximum Gasteiger partial charge on any atom is 0.264 e. The fourth-order valence-electron chi connectivity index (χ4n) is 1.76. The molecule has 0 aromatic carbocycles. The fourth-order valence-corrected chi connectivity index (χ4v) is 2.27. The Balaban J connectivity index is 3.44. The molecule has 0 bridgehead atoms. The number of allylic oxidation sites excluding steroid dienone is 1. The summed E-state index contributed by atoms with van der Waals surface area (Å²) in [4.78, 5) is 11.3. The van der Waals surface area contributed by atoms with Gasteiger partial charge < -0.3 is 5.32 Å². The van der Waals surface area contributed by atoms with Gasteiger partial charge in [-0.3, -0.25) is 9.35 Å². The standard InChI is InChI=1S/C14H27NO4S/c1-2-3-4-5-6-7-8-9-11-14(16)15-12-10-13-20(17,18)19/h9,11H,2-8,10,12-13H2,1H3,(H,15,16)(H,17,18,19)/b11-9+. The molecule has 0 aliphatic rings. The Morgan fingerprint density at radius 3 is 2.40 bits per heavy atom. The van der Waals surface area contributed by atoms with Crippen LogP contribution in [-0.4, -0.2) is 31.2 Å². The van der Waals surface area contributed by atoms with Gasteiger partial charge in [0.15, 0.2) is 0 Å². The molecule has 0 spiro atoms. The van der Waals surface area contributed by atoms with Crippen LogP contribution in [-0.2, 0) is 14.9 Å². The van der Waals surface area contributed by atoms with Crippen LogP contribution < -0.4 is 5.32 Å². The Kier molecular flexibility index (Phi) is 11.4. The molecule has 20 heavy (non-hydrogen) atoms. The van der Waals surface area contributed by atoms with Crippen molar-refractivity contribution in [3.05, 3.63) is 12.2 Å². The second-order valence-corrected chi connectivity index (χ2v) is 6.46. The first-order valence-electron chi connectivity index (χ1n) is 7.35. The zero-order valence-electron chi connectivity index (χ0n) is 12.3. The average Bonchev–Trinajstić information content (AvgIpc) is 2.37. The van der Waals surface area contributed by atoms with Crippen LogP contribution >= 0.6 is 0 Å². The largest absolute Gasteiger partial charge is 0.353 e. The molecule has 0 fully saturated rings. The summed E-state index contributed by atoms with van der Waals surface area (Å²) < 4.78 is 29.4. The van der Waals surface area contributed by atoms with Crippen LogP contribution in [0, 0.1) is 0 Å². The molecule has 0 aromatic heterocycles. The van der Waals surface area contributed by atoms with Gasteiger partial charge in [0.25, 0.3) is 10.1 Å². The molecule has 118 valence electrons. The van der Waals surface area contributed by atoms with E-state index >= 15 is 0 Å². The van der Waals surface area contributed by atoms with Gasteiger partial charge >= 0.3 is 0 Å². The molecule has 0 aromatic rings. The van der Waals surface area contributed by atoms with E-state index in [1.54, 1.807) is 0 Å². The number of unbranched alkanes of at least 4 members (excludes halogenated alkanes) is 6. The van der Waals surface area contributed by atoms with Gasteiger partial charge in [0, 0.05) is 6.54 Å². The van der Waals surface area contributed by atoms with E-state index in [0.717, 1.165) is 12.8 Å². The molecule has 0 rings (SSSR count). The highest BCUT2D eigenvalue weighted by Crippen LogP contribution is 2.06. The highest BCUT2D eigenvalue weighted by Gasteiger charge is 2.03. The van der Waals surface area contributed by atoms with Crippen LogP contribution in [0.1, 0.15) is 58.3 Å². The molecule has 1 amide bonds. The Morgan fingerprint density at radius 2 is 1.75 bits per heavy atom. The van der Waals surface area contributed by atoms with Crippen LogP contribution in [0.4, 0.5) is 0 Å². The first-order chi connectivity index (χ1) is 9.45. The minimum Gasteiger partial charge on any atom is -0.353 e. The SMILES string of the molecule is CCCCCCCC/C=C/C(=O)NCCCS(=O)(=O)O. The molecule has 0 aliphatic heterocycles. The van der Waals surface area contributed by atoms with Crippen LogP contribution in [0.15, 0.2) is 12.2 Å². The number of hydrogen-bond donors (Lipinski definition) is 2. The van der Waals surface area contributed by atoms with Gasteiger partial charge in [-0.05, 0) is 25.3 Å². The Labute approximate surface area is 122 Å². The lowest BCUT2D eigenvalue weighted by Gasteiger charge is -2.00. The number of rotatable bonds is 12. The fraction of sp³-hybridized carbons (Fsp3) is 0.786. The van der Waals surface area contributed by atoms with Crippen molar-refractivity contribution in [1.29, 1.82) is 0 Å². The Bertz CT molecular complexity index is 377. The number of amides is 1. The quantitative estimate of drug-likeness (QED) is 0.330. The zero-order chi connectivity index (χ0) is 15.3. The molecular formula is C14H27NO4S. The van der Waals surface area contributed by atoms with Crippen molar-refractivity contribution >= 4 is 16.0 Å². The maximum atomic E-state index is 11.3. The number of hydrogen-bond acceptors (Lipinski definition) is 3. The van der Waals surface area contributed by atoms with Crippen molar-refractivity contribution in [1.82, 2.24) is 5.32 Å². The van der Waals surface area contributed by atoms with E-state index < -0.39 is 10.1 Å². The minimum atomic E-state index is -3.93. The lowest BCUT2D eigenvalue weighted by Crippen LogP contribution is -2.23. The highest BCUT2D eigenvalue weighted by molar-refractivity contribution is 7.85. The van der Waals surface area contributed by atoms with E-state index in [9.17, 15) is 13.2 Å². The number of nitrogens with one attached hydrogen (secondary N) is 1. The van der Waals surface area contributed by atoms with Crippen LogP contribution in [0.3, 0.4) is 0 Å². The topological polar surface area (TPSA) is 83.5 Å². The third-order valence-electron chi connectivity index (χ3n) is 2.87. The van der Waals surface area contributed by atoms with Crippen LogP contribution in [0.25, 0.3) is 0 Å². The van der Waals surface area contributed by atoms with Crippen molar-refractivity contribution in [2.24, 2.45) is 0 Å². The van der Waals surface area contributed by atoms with Gasteiger partial charge in [-0.25, -0.2) is 0 Å². The molecule has 5 nitrogen and oxygen atoms in total. The first-order valence-corrected chi connectivity index (χ1v) is 8.96. The molecule has 0 unspecified atom stereocenters. The summed E-state index contributed by atoms with van der Waals surface area (Å²) in [6, 6.07) is 0. The third kappa shape index (κ3) is 15.2. The second kappa shape index (κ2) is 11.9. The lowest BCUT2D eigenvalue weighted by molar-refractivity contribution is -0.116. The van der Waals surface area contributed by atoms with Crippen molar-refractivity contribution < 1.29 is 17.8 Å². The number of carbonyl (C=O) groups is 1. The minimum absolute atomic E-state index is 0.216. The van der Waals surface area contributed by atoms with E-state index in [1.807, 2.05) is 6.08 Å². The molecule has 2 N–H and O–H groups in total. The van der Waals surface area contributed by atoms with Crippen molar-refractivity contribution in [3.63, 3.8) is 0 Å². The summed E-state index contributed by atoms with van der Waals surface area (Å²) in [6.07, 6.45) is 11.8. The average molecular weight is 305 g/mol. The lowest BCUT2D eigenvalue weighted by atomic mass is 10.1. The predicted octanol–water partition coefficient (Wildman–Crippen LogP) is 2.69. The number of carbonyl (C=O) groups excluding carboxylic acids is 1. The summed E-state index contributed by atoms with van der Waals surface area (Å²) in [5.74, 6) is -0.541. The molecule has 0 radical (unpaired) electrons. The van der Waals surface area contributed by atoms with Crippen molar-refractivity contribution in [2.45, 2.75) is 58.3 Å². The smallest absolute Gasteiger partial charge is 0.264 e. The zero-order valence-corrected chi connectivity index (χ0v) is 13.1. The highest BCUT2D eigenvalue weighted by atomic mass is 32.2. The van der Waals surface area contributed by atoms with Gasteiger partial charge in [0.1, 0.15) is 0 Å². The molecule has 6 heteroatoms. The van der Waals surface area contributed by atoms with E-state index in [-0.39, 0.29) is 24.6 Å². The van der Waals surface area contributed by atoms with Gasteiger partial charge in [0.2, 0.25) is 5.91 Å². The monoisotopic (exact) mass is 305 g/mol. The summed E-state index contributed by atoms with van der Waals surface area (Å²) >= 11 is 0. The predicted molar refractivity (Wildman–Crippen MR) is 81.2 cm³/mol. The summed E-state index contributed by atoms with van der Waals surface area (Å²) in [5, 5.41) is 2.57. The van der Waals surface area contributed by atoms with E-state index in [0.29, 0.717) is 0 Å². The Morgan fingerprint density at radius 1 is 1.10 bits per heavy atom. The molecule has 0 heterocycles. The van der Waals surface area contributed by atoms with Crippen molar-refractivity contribution in [2.75, 3.05) is 12.3 Å². The molecular weight excluding hydrogens is 278 g/mol. The van der Waals surface area contributed by atoms with Gasteiger partial charge in [-0.1, -0.05) is 45.1 Å². The van der Waals surface area contributed by atoms with Crippen LogP contribution in [0.2, 0.25) is 0 Å². The maximum absolute atomic E-state index is 11.3. The second-order valence-electron chi connectivity index (χ2n) is 4.89. The van der Waals surface area contributed by atoms with E-state index in [1.165, 1.54) is 38.2 Å². The normalized spacial score (nSPS) is 11.9. The molecule has 0 aliphatic carbocycles. The van der Waals surface area contributed by atoms with Crippen molar-refractivity contribution in [3.8, 4) is 0 Å². The van der Waals surface area contributed by atoms with Gasteiger partial charge in [-0.15, -0.1) is 0 Å². The molecule has 0 saturated carbocycles. The molecule has 0 saturated heterocycles. The Hall–Kier alpha value is -0.880. The molecule has 0 atom stereocenters. The van der Waals surface area contributed by atoms with Gasteiger partial charge in [-0.2, -0.15) is 8.42 Å². The summed E-state index contributed by atoms with van der Waals surface area (Å²) in [6.45, 7) is 2.44. The summed E-state index contributed by atoms with van der Waals surface area (Å²) in [7, 11) is -3.93. The third-order valence-corrected chi connectivity index (χ3v) is 3.68. The summed E-state index contributed by atoms with van der Waals surface area (Å²) in [5.41, 5.74) is 0.